The molecule has 24 heavy (non-hydrogen) atoms. The highest BCUT2D eigenvalue weighted by Gasteiger charge is 2.30. The number of hydrogen-bond acceptors (Lipinski definition) is 4. The van der Waals surface area contributed by atoms with Crippen LogP contribution in [0, 0.1) is 0 Å². The molecule has 1 heterocycles. The van der Waals surface area contributed by atoms with Gasteiger partial charge in [-0.15, -0.1) is 0 Å². The number of carbonyl (C=O) groups is 1. The lowest BCUT2D eigenvalue weighted by Gasteiger charge is -2.10. The maximum atomic E-state index is 12.4. The van der Waals surface area contributed by atoms with Crippen LogP contribution in [0.4, 0.5) is 19.0 Å². The van der Waals surface area contributed by atoms with Crippen LogP contribution in [0.1, 0.15) is 15.9 Å². The second-order valence-electron chi connectivity index (χ2n) is 4.57. The highest BCUT2D eigenvalue weighted by molar-refractivity contribution is 7.80. The molecule has 0 atom stereocenters. The first kappa shape index (κ1) is 17.7. The minimum atomic E-state index is -4.46. The lowest BCUT2D eigenvalue weighted by molar-refractivity contribution is -0.137. The van der Waals surface area contributed by atoms with Crippen molar-refractivity contribution in [2.75, 3.05) is 12.4 Å². The van der Waals surface area contributed by atoms with Gasteiger partial charge in [0, 0.05) is 11.8 Å². The standard InChI is InChI=1S/C15H12F3N3O2S/c1-23-11-5-2-9(3-6-11)13(22)21-14(24)20-12-7-4-10(8-19-12)15(16,17)18/h2-8H,1H3,(H2,19,20,21,22,24). The molecule has 2 rings (SSSR count). The molecular formula is C15H12F3N3O2S. The molecule has 0 aliphatic heterocycles. The molecule has 2 aromatic rings. The fourth-order valence-corrected chi connectivity index (χ4v) is 1.90. The van der Waals surface area contributed by atoms with Crippen LogP contribution < -0.4 is 15.4 Å². The largest absolute Gasteiger partial charge is 0.497 e. The number of nitrogens with zero attached hydrogens (tertiary/aromatic N) is 1. The Bertz CT molecular complexity index is 731. The van der Waals surface area contributed by atoms with E-state index in [9.17, 15) is 18.0 Å². The summed E-state index contributed by atoms with van der Waals surface area (Å²) in [5.41, 5.74) is -0.526. The minimum absolute atomic E-state index is 0.0805. The minimum Gasteiger partial charge on any atom is -0.497 e. The first-order valence-corrected chi connectivity index (χ1v) is 7.00. The van der Waals surface area contributed by atoms with E-state index in [1.165, 1.54) is 7.11 Å². The Balaban J connectivity index is 1.96. The number of ether oxygens (including phenoxy) is 1. The molecule has 9 heteroatoms. The molecule has 0 spiro atoms. The predicted molar refractivity (Wildman–Crippen MR) is 85.9 cm³/mol. The molecular weight excluding hydrogens is 343 g/mol. The summed E-state index contributed by atoms with van der Waals surface area (Å²) >= 11 is 4.94. The predicted octanol–water partition coefficient (Wildman–Crippen LogP) is 3.24. The van der Waals surface area contributed by atoms with E-state index in [2.05, 4.69) is 15.6 Å². The van der Waals surface area contributed by atoms with Crippen LogP contribution in [0.15, 0.2) is 42.6 Å². The van der Waals surface area contributed by atoms with Gasteiger partial charge in [0.1, 0.15) is 11.6 Å². The van der Waals surface area contributed by atoms with E-state index < -0.39 is 17.6 Å². The van der Waals surface area contributed by atoms with Crippen molar-refractivity contribution in [1.29, 1.82) is 0 Å². The monoisotopic (exact) mass is 355 g/mol. The zero-order chi connectivity index (χ0) is 17.7. The van der Waals surface area contributed by atoms with Crippen molar-refractivity contribution in [3.8, 4) is 5.75 Å². The number of nitrogens with one attached hydrogen (secondary N) is 2. The molecule has 0 aliphatic carbocycles. The second kappa shape index (κ2) is 7.26. The molecule has 0 unspecified atom stereocenters. The Morgan fingerprint density at radius 1 is 1.17 bits per heavy atom. The van der Waals surface area contributed by atoms with Crippen molar-refractivity contribution >= 4 is 29.1 Å². The summed E-state index contributed by atoms with van der Waals surface area (Å²) in [7, 11) is 1.51. The Morgan fingerprint density at radius 2 is 1.83 bits per heavy atom. The van der Waals surface area contributed by atoms with Gasteiger partial charge in [-0.05, 0) is 48.6 Å². The van der Waals surface area contributed by atoms with E-state index in [1.807, 2.05) is 0 Å². The number of aromatic nitrogens is 1. The highest BCUT2D eigenvalue weighted by atomic mass is 32.1. The van der Waals surface area contributed by atoms with E-state index in [1.54, 1.807) is 24.3 Å². The van der Waals surface area contributed by atoms with Gasteiger partial charge in [0.15, 0.2) is 5.11 Å². The van der Waals surface area contributed by atoms with Crippen molar-refractivity contribution in [3.05, 3.63) is 53.7 Å². The lowest BCUT2D eigenvalue weighted by Crippen LogP contribution is -2.34. The summed E-state index contributed by atoms with van der Waals surface area (Å²) in [5.74, 6) is 0.214. The number of rotatable bonds is 3. The first-order valence-electron chi connectivity index (χ1n) is 6.59. The number of alkyl halides is 3. The maximum absolute atomic E-state index is 12.4. The van der Waals surface area contributed by atoms with Crippen LogP contribution in [0.25, 0.3) is 0 Å². The third-order valence-corrected chi connectivity index (χ3v) is 3.12. The Labute approximate surface area is 140 Å². The highest BCUT2D eigenvalue weighted by Crippen LogP contribution is 2.28. The number of halogens is 3. The summed E-state index contributed by atoms with van der Waals surface area (Å²) in [5, 5.41) is 4.87. The van der Waals surface area contributed by atoms with Crippen LogP contribution in [0.5, 0.6) is 5.75 Å². The Kier molecular flexibility index (Phi) is 5.35. The number of carbonyl (C=O) groups excluding carboxylic acids is 1. The van der Waals surface area contributed by atoms with Gasteiger partial charge in [-0.3, -0.25) is 10.1 Å². The molecule has 0 saturated heterocycles. The molecule has 5 nitrogen and oxygen atoms in total. The Hall–Kier alpha value is -2.68. The summed E-state index contributed by atoms with van der Waals surface area (Å²) in [6.45, 7) is 0. The summed E-state index contributed by atoms with van der Waals surface area (Å²) in [6.07, 6.45) is -3.79. The van der Waals surface area contributed by atoms with Crippen LogP contribution in [0.3, 0.4) is 0 Å². The number of methoxy groups -OCH3 is 1. The number of hydrogen-bond donors (Lipinski definition) is 2. The molecule has 0 saturated carbocycles. The first-order chi connectivity index (χ1) is 11.3. The van der Waals surface area contributed by atoms with Gasteiger partial charge in [-0.1, -0.05) is 0 Å². The molecule has 2 N–H and O–H groups in total. The van der Waals surface area contributed by atoms with Gasteiger partial charge in [-0.25, -0.2) is 4.98 Å². The van der Waals surface area contributed by atoms with E-state index in [0.717, 1.165) is 12.1 Å². The summed E-state index contributed by atoms with van der Waals surface area (Å²) < 4.78 is 42.3. The van der Waals surface area contributed by atoms with E-state index >= 15 is 0 Å². The lowest BCUT2D eigenvalue weighted by atomic mass is 10.2. The van der Waals surface area contributed by atoms with Gasteiger partial charge in [0.25, 0.3) is 5.91 Å². The van der Waals surface area contributed by atoms with Gasteiger partial charge in [0.2, 0.25) is 0 Å². The zero-order valence-electron chi connectivity index (χ0n) is 12.3. The zero-order valence-corrected chi connectivity index (χ0v) is 13.2. The van der Waals surface area contributed by atoms with Crippen molar-refractivity contribution in [3.63, 3.8) is 0 Å². The fraction of sp³-hybridized carbons (Fsp3) is 0.133. The van der Waals surface area contributed by atoms with Crippen LogP contribution >= 0.6 is 12.2 Å². The Morgan fingerprint density at radius 3 is 2.33 bits per heavy atom. The fourth-order valence-electron chi connectivity index (χ4n) is 1.70. The number of anilines is 1. The van der Waals surface area contributed by atoms with E-state index in [4.69, 9.17) is 17.0 Å². The molecule has 0 bridgehead atoms. The normalized spacial score (nSPS) is 10.8. The van der Waals surface area contributed by atoms with E-state index in [0.29, 0.717) is 17.5 Å². The maximum Gasteiger partial charge on any atom is 0.417 e. The van der Waals surface area contributed by atoms with Crippen LogP contribution in [0.2, 0.25) is 0 Å². The number of thiocarbonyl (C=S) groups is 1. The van der Waals surface area contributed by atoms with Gasteiger partial charge < -0.3 is 10.1 Å². The smallest absolute Gasteiger partial charge is 0.417 e. The summed E-state index contributed by atoms with van der Waals surface area (Å²) in [4.78, 5) is 15.6. The van der Waals surface area contributed by atoms with Crippen molar-refractivity contribution in [1.82, 2.24) is 10.3 Å². The number of pyridine rings is 1. The molecule has 126 valence electrons. The molecule has 1 aromatic heterocycles. The third kappa shape index (κ3) is 4.66. The number of benzene rings is 1. The van der Waals surface area contributed by atoms with Gasteiger partial charge in [0.05, 0.1) is 12.7 Å². The quantitative estimate of drug-likeness (QED) is 0.828. The van der Waals surface area contributed by atoms with Crippen molar-refractivity contribution in [2.45, 2.75) is 6.18 Å². The van der Waals surface area contributed by atoms with Crippen LogP contribution in [-0.4, -0.2) is 23.1 Å². The summed E-state index contributed by atoms with van der Waals surface area (Å²) in [6, 6.07) is 8.31. The molecule has 0 radical (unpaired) electrons. The topological polar surface area (TPSA) is 63.2 Å². The molecule has 0 aliphatic rings. The molecule has 1 aromatic carbocycles. The van der Waals surface area contributed by atoms with Gasteiger partial charge in [-0.2, -0.15) is 13.2 Å². The van der Waals surface area contributed by atoms with Crippen LogP contribution in [-0.2, 0) is 6.18 Å². The molecule has 0 fully saturated rings. The van der Waals surface area contributed by atoms with E-state index in [-0.39, 0.29) is 10.9 Å². The second-order valence-corrected chi connectivity index (χ2v) is 4.97. The molecule has 1 amide bonds. The third-order valence-electron chi connectivity index (χ3n) is 2.91. The average molecular weight is 355 g/mol. The SMILES string of the molecule is COc1ccc(C(=O)NC(=S)Nc2ccc(C(F)(F)F)cn2)cc1. The average Bonchev–Trinajstić information content (AvgIpc) is 2.54. The van der Waals surface area contributed by atoms with Crippen molar-refractivity contribution in [2.24, 2.45) is 0 Å². The number of amides is 1. The van der Waals surface area contributed by atoms with Crippen molar-refractivity contribution < 1.29 is 22.7 Å². The van der Waals surface area contributed by atoms with Gasteiger partial charge >= 0.3 is 6.18 Å².